The molecule has 0 saturated heterocycles. The highest BCUT2D eigenvalue weighted by atomic mass is 35.5. The van der Waals surface area contributed by atoms with Crippen LogP contribution in [0, 0.1) is 15.5 Å². The minimum atomic E-state index is -0.583. The first-order chi connectivity index (χ1) is 9.88. The van der Waals surface area contributed by atoms with Crippen LogP contribution in [0.4, 0.5) is 5.69 Å². The van der Waals surface area contributed by atoms with Gasteiger partial charge in [0.2, 0.25) is 0 Å². The van der Waals surface area contributed by atoms with Gasteiger partial charge in [-0.3, -0.25) is 15.5 Å². The van der Waals surface area contributed by atoms with E-state index in [9.17, 15) is 10.1 Å². The predicted octanol–water partition coefficient (Wildman–Crippen LogP) is 3.98. The Hall–Kier alpha value is -2.31. The van der Waals surface area contributed by atoms with Gasteiger partial charge in [-0.2, -0.15) is 0 Å². The molecule has 0 atom stereocenters. The van der Waals surface area contributed by atoms with Crippen LogP contribution in [0.2, 0.25) is 10.0 Å². The van der Waals surface area contributed by atoms with Gasteiger partial charge in [0.15, 0.2) is 0 Å². The van der Waals surface area contributed by atoms with E-state index in [4.69, 9.17) is 39.1 Å². The third kappa shape index (κ3) is 3.42. The summed E-state index contributed by atoms with van der Waals surface area (Å²) in [6.45, 7) is 0. The molecule has 108 valence electrons. The Morgan fingerprint density at radius 3 is 2.43 bits per heavy atom. The van der Waals surface area contributed by atoms with Crippen LogP contribution < -0.4 is 10.5 Å². The molecule has 0 spiro atoms. The number of rotatable bonds is 4. The monoisotopic (exact) mass is 325 g/mol. The van der Waals surface area contributed by atoms with E-state index >= 15 is 0 Å². The highest BCUT2D eigenvalue weighted by Crippen LogP contribution is 2.34. The zero-order valence-electron chi connectivity index (χ0n) is 10.5. The fraction of sp³-hybridized carbons (Fsp3) is 0. The molecule has 8 heteroatoms. The van der Waals surface area contributed by atoms with E-state index in [1.54, 1.807) is 12.1 Å². The minimum Gasteiger partial charge on any atom is -0.456 e. The summed E-state index contributed by atoms with van der Waals surface area (Å²) >= 11 is 11.8. The van der Waals surface area contributed by atoms with Gasteiger partial charge in [-0.05, 0) is 24.3 Å². The first-order valence-corrected chi connectivity index (χ1v) is 6.40. The second-order valence-electron chi connectivity index (χ2n) is 4.03. The number of hydrogen-bond donors (Lipinski definition) is 2. The van der Waals surface area contributed by atoms with Gasteiger partial charge in [-0.15, -0.1) is 0 Å². The second kappa shape index (κ2) is 5.99. The molecule has 21 heavy (non-hydrogen) atoms. The fourth-order valence-corrected chi connectivity index (χ4v) is 2.04. The molecule has 2 aromatic rings. The van der Waals surface area contributed by atoms with Gasteiger partial charge in [-0.1, -0.05) is 23.2 Å². The number of amidine groups is 1. The highest BCUT2D eigenvalue weighted by Gasteiger charge is 2.13. The van der Waals surface area contributed by atoms with Gasteiger partial charge in [0.1, 0.15) is 22.4 Å². The third-order valence-corrected chi connectivity index (χ3v) is 3.18. The summed E-state index contributed by atoms with van der Waals surface area (Å²) in [5.74, 6) is 0.525. The van der Waals surface area contributed by atoms with Gasteiger partial charge in [0, 0.05) is 17.7 Å². The standard InChI is InChI=1S/C13H9Cl2N3O3/c14-9-6-8(2-3-11(9)18(19)20)21-12-4-1-7(13(16)17)5-10(12)15/h1-6H,(H3,16,17). The Morgan fingerprint density at radius 1 is 1.19 bits per heavy atom. The number of nitro benzene ring substituents is 1. The Bertz CT molecular complexity index is 735. The van der Waals surface area contributed by atoms with Crippen LogP contribution in [0.1, 0.15) is 5.56 Å². The average molecular weight is 326 g/mol. The number of hydrogen-bond acceptors (Lipinski definition) is 4. The SMILES string of the molecule is N=C(N)c1ccc(Oc2ccc([N+](=O)[O-])c(Cl)c2)c(Cl)c1. The van der Waals surface area contributed by atoms with Crippen LogP contribution in [-0.4, -0.2) is 10.8 Å². The minimum absolute atomic E-state index is 0.0334. The topological polar surface area (TPSA) is 102 Å². The van der Waals surface area contributed by atoms with E-state index in [0.717, 1.165) is 0 Å². The molecule has 0 amide bonds. The number of nitro groups is 1. The molecule has 0 radical (unpaired) electrons. The lowest BCUT2D eigenvalue weighted by molar-refractivity contribution is -0.384. The summed E-state index contributed by atoms with van der Waals surface area (Å²) < 4.78 is 5.51. The van der Waals surface area contributed by atoms with Crippen LogP contribution in [-0.2, 0) is 0 Å². The number of nitrogens with one attached hydrogen (secondary N) is 1. The zero-order valence-corrected chi connectivity index (χ0v) is 12.0. The maximum Gasteiger partial charge on any atom is 0.288 e. The first-order valence-electron chi connectivity index (χ1n) is 5.64. The molecular weight excluding hydrogens is 317 g/mol. The van der Waals surface area contributed by atoms with E-state index in [1.807, 2.05) is 0 Å². The summed E-state index contributed by atoms with van der Waals surface area (Å²) in [5, 5.41) is 18.2. The van der Waals surface area contributed by atoms with Crippen molar-refractivity contribution in [1.82, 2.24) is 0 Å². The number of ether oxygens (including phenoxy) is 1. The van der Waals surface area contributed by atoms with Crippen LogP contribution >= 0.6 is 23.2 Å². The molecule has 0 bridgehead atoms. The second-order valence-corrected chi connectivity index (χ2v) is 4.85. The quantitative estimate of drug-likeness (QED) is 0.384. The van der Waals surface area contributed by atoms with Crippen molar-refractivity contribution in [2.75, 3.05) is 0 Å². The Balaban J connectivity index is 2.28. The Morgan fingerprint density at radius 2 is 1.90 bits per heavy atom. The predicted molar refractivity (Wildman–Crippen MR) is 80.6 cm³/mol. The largest absolute Gasteiger partial charge is 0.456 e. The molecule has 2 rings (SSSR count). The Kier molecular flexibility index (Phi) is 4.30. The molecule has 0 fully saturated rings. The third-order valence-electron chi connectivity index (χ3n) is 2.59. The molecular formula is C13H9Cl2N3O3. The van der Waals surface area contributed by atoms with Crippen LogP contribution in [0.5, 0.6) is 11.5 Å². The molecule has 0 aliphatic heterocycles. The first kappa shape index (κ1) is 15.1. The molecule has 6 nitrogen and oxygen atoms in total. The van der Waals surface area contributed by atoms with Crippen LogP contribution in [0.15, 0.2) is 36.4 Å². The van der Waals surface area contributed by atoms with Gasteiger partial charge < -0.3 is 10.5 Å². The number of halogens is 2. The summed E-state index contributed by atoms with van der Waals surface area (Å²) in [6.07, 6.45) is 0. The summed E-state index contributed by atoms with van der Waals surface area (Å²) in [7, 11) is 0. The maximum absolute atomic E-state index is 10.7. The van der Waals surface area contributed by atoms with Gasteiger partial charge in [-0.25, -0.2) is 0 Å². The van der Waals surface area contributed by atoms with Gasteiger partial charge in [0.05, 0.1) is 9.95 Å². The lowest BCUT2D eigenvalue weighted by Gasteiger charge is -2.09. The summed E-state index contributed by atoms with van der Waals surface area (Å²) in [5.41, 5.74) is 5.61. The van der Waals surface area contributed by atoms with Gasteiger partial charge >= 0.3 is 0 Å². The molecule has 3 N–H and O–H groups in total. The summed E-state index contributed by atoms with van der Waals surface area (Å²) in [4.78, 5) is 10.1. The lowest BCUT2D eigenvalue weighted by atomic mass is 10.2. The normalized spacial score (nSPS) is 10.2. The zero-order chi connectivity index (χ0) is 15.6. The number of nitrogens with two attached hydrogens (primary N) is 1. The van der Waals surface area contributed by atoms with E-state index < -0.39 is 4.92 Å². The number of nitrogen functional groups attached to an aromatic ring is 1. The highest BCUT2D eigenvalue weighted by molar-refractivity contribution is 6.33. The molecule has 0 aliphatic carbocycles. The van der Waals surface area contributed by atoms with Crippen molar-refractivity contribution >= 4 is 34.7 Å². The van der Waals surface area contributed by atoms with Crippen molar-refractivity contribution in [2.45, 2.75) is 0 Å². The van der Waals surface area contributed by atoms with Crippen LogP contribution in [0.3, 0.4) is 0 Å². The smallest absolute Gasteiger partial charge is 0.288 e. The number of nitrogens with zero attached hydrogens (tertiary/aromatic N) is 1. The van der Waals surface area contributed by atoms with E-state index in [-0.39, 0.29) is 21.6 Å². The van der Waals surface area contributed by atoms with Crippen molar-refractivity contribution in [3.8, 4) is 11.5 Å². The van der Waals surface area contributed by atoms with Crippen LogP contribution in [0.25, 0.3) is 0 Å². The molecule has 0 aromatic heterocycles. The fourth-order valence-electron chi connectivity index (χ4n) is 1.58. The molecule has 0 unspecified atom stereocenters. The lowest BCUT2D eigenvalue weighted by Crippen LogP contribution is -2.10. The van der Waals surface area contributed by atoms with E-state index in [0.29, 0.717) is 17.1 Å². The molecule has 0 aliphatic rings. The van der Waals surface area contributed by atoms with Crippen molar-refractivity contribution in [3.05, 3.63) is 62.1 Å². The van der Waals surface area contributed by atoms with Crippen molar-refractivity contribution in [2.24, 2.45) is 5.73 Å². The average Bonchev–Trinajstić information content (AvgIpc) is 2.40. The van der Waals surface area contributed by atoms with E-state index in [1.165, 1.54) is 24.3 Å². The van der Waals surface area contributed by atoms with Crippen molar-refractivity contribution in [1.29, 1.82) is 5.41 Å². The van der Waals surface area contributed by atoms with Gasteiger partial charge in [0.25, 0.3) is 5.69 Å². The van der Waals surface area contributed by atoms with E-state index in [2.05, 4.69) is 0 Å². The molecule has 2 aromatic carbocycles. The summed E-state index contributed by atoms with van der Waals surface area (Å²) in [6, 6.07) is 8.61. The number of benzene rings is 2. The molecule has 0 heterocycles. The van der Waals surface area contributed by atoms with Crippen molar-refractivity contribution in [3.63, 3.8) is 0 Å². The Labute approximate surface area is 129 Å². The molecule has 0 saturated carbocycles. The maximum atomic E-state index is 10.7. The van der Waals surface area contributed by atoms with Crippen molar-refractivity contribution < 1.29 is 9.66 Å².